The molecule has 1 aliphatic carbocycles. The quantitative estimate of drug-likeness (QED) is 0.542. The van der Waals surface area contributed by atoms with Crippen LogP contribution in [0.1, 0.15) is 46.0 Å². The minimum atomic E-state index is -0.369. The Bertz CT molecular complexity index is 486. The molecule has 0 bridgehead atoms. The van der Waals surface area contributed by atoms with E-state index in [9.17, 15) is 10.1 Å². The molecular formula is C16H24N2O3. The first kappa shape index (κ1) is 15.6. The topological polar surface area (TPSA) is 64.4 Å². The minimum Gasteiger partial charge on any atom is -0.493 e. The van der Waals surface area contributed by atoms with Gasteiger partial charge in [0.15, 0.2) is 0 Å². The summed E-state index contributed by atoms with van der Waals surface area (Å²) < 4.78 is 5.55. The van der Waals surface area contributed by atoms with Gasteiger partial charge in [0, 0.05) is 23.9 Å². The molecule has 1 N–H and O–H groups in total. The van der Waals surface area contributed by atoms with Crippen LogP contribution in [0.15, 0.2) is 18.2 Å². The highest BCUT2D eigenvalue weighted by molar-refractivity contribution is 5.56. The molecule has 21 heavy (non-hydrogen) atoms. The summed E-state index contributed by atoms with van der Waals surface area (Å²) >= 11 is 0. The third-order valence-corrected chi connectivity index (χ3v) is 3.75. The molecule has 0 spiro atoms. The van der Waals surface area contributed by atoms with Crippen molar-refractivity contribution >= 4 is 11.4 Å². The summed E-state index contributed by atoms with van der Waals surface area (Å²) in [6, 6.07) is 5.31. The standard InChI is InChI=1S/C16H24N2O3/c1-3-7-21-16-10-14(9-15(11-16)18(19)20)17-13(4-2)8-12-5-6-12/h9-13,17H,3-8H2,1-2H3. The zero-order valence-corrected chi connectivity index (χ0v) is 12.8. The summed E-state index contributed by atoms with van der Waals surface area (Å²) in [5.41, 5.74) is 0.857. The Balaban J connectivity index is 2.11. The normalized spacial score (nSPS) is 15.5. The van der Waals surface area contributed by atoms with E-state index in [-0.39, 0.29) is 10.6 Å². The number of nitro benzene ring substituents is 1. The summed E-state index contributed by atoms with van der Waals surface area (Å²) in [5.74, 6) is 1.40. The summed E-state index contributed by atoms with van der Waals surface area (Å²) in [7, 11) is 0. The first-order chi connectivity index (χ1) is 10.1. The number of hydrogen-bond acceptors (Lipinski definition) is 4. The Morgan fingerprint density at radius 2 is 2.14 bits per heavy atom. The molecule has 1 fully saturated rings. The Labute approximate surface area is 125 Å². The number of nitro groups is 1. The largest absolute Gasteiger partial charge is 0.493 e. The number of ether oxygens (including phenoxy) is 1. The summed E-state index contributed by atoms with van der Waals surface area (Å²) in [4.78, 5) is 10.7. The van der Waals surface area contributed by atoms with Crippen molar-refractivity contribution in [2.45, 2.75) is 52.0 Å². The number of hydrogen-bond donors (Lipinski definition) is 1. The van der Waals surface area contributed by atoms with Gasteiger partial charge in [0.2, 0.25) is 0 Å². The lowest BCUT2D eigenvalue weighted by Gasteiger charge is -2.18. The van der Waals surface area contributed by atoms with Gasteiger partial charge in [-0.05, 0) is 25.2 Å². The monoisotopic (exact) mass is 292 g/mol. The molecule has 0 heterocycles. The van der Waals surface area contributed by atoms with E-state index in [1.54, 1.807) is 6.07 Å². The van der Waals surface area contributed by atoms with Crippen molar-refractivity contribution in [1.82, 2.24) is 0 Å². The van der Waals surface area contributed by atoms with Crippen LogP contribution in [-0.2, 0) is 0 Å². The van der Waals surface area contributed by atoms with Crippen LogP contribution in [0.4, 0.5) is 11.4 Å². The van der Waals surface area contributed by atoms with Gasteiger partial charge in [-0.1, -0.05) is 26.7 Å². The van der Waals surface area contributed by atoms with E-state index >= 15 is 0 Å². The maximum atomic E-state index is 11.0. The molecule has 0 aliphatic heterocycles. The summed E-state index contributed by atoms with van der Waals surface area (Å²) in [5, 5.41) is 14.5. The molecule has 5 heteroatoms. The summed E-state index contributed by atoms with van der Waals surface area (Å²) in [6.45, 7) is 4.73. The van der Waals surface area contributed by atoms with Crippen LogP contribution in [0, 0.1) is 16.0 Å². The molecule has 0 amide bonds. The highest BCUT2D eigenvalue weighted by Gasteiger charge is 2.25. The van der Waals surface area contributed by atoms with Gasteiger partial charge < -0.3 is 10.1 Å². The maximum absolute atomic E-state index is 11.0. The predicted octanol–water partition coefficient (Wildman–Crippen LogP) is 4.37. The number of nitrogens with one attached hydrogen (secondary N) is 1. The second-order valence-electron chi connectivity index (χ2n) is 5.75. The Morgan fingerprint density at radius 1 is 1.38 bits per heavy atom. The molecule has 1 atom stereocenters. The number of nitrogens with zero attached hydrogens (tertiary/aromatic N) is 1. The van der Waals surface area contributed by atoms with Crippen molar-refractivity contribution in [3.8, 4) is 5.75 Å². The minimum absolute atomic E-state index is 0.0763. The molecule has 0 radical (unpaired) electrons. The molecular weight excluding hydrogens is 268 g/mol. The van der Waals surface area contributed by atoms with Crippen molar-refractivity contribution < 1.29 is 9.66 Å². The molecule has 1 saturated carbocycles. The molecule has 2 rings (SSSR count). The predicted molar refractivity (Wildman–Crippen MR) is 83.9 cm³/mol. The SMILES string of the molecule is CCCOc1cc(NC(CC)CC2CC2)cc([N+](=O)[O-])c1. The smallest absolute Gasteiger partial charge is 0.275 e. The van der Waals surface area contributed by atoms with Gasteiger partial charge in [0.1, 0.15) is 5.75 Å². The average molecular weight is 292 g/mol. The van der Waals surface area contributed by atoms with Gasteiger partial charge >= 0.3 is 0 Å². The fourth-order valence-corrected chi connectivity index (χ4v) is 2.39. The van der Waals surface area contributed by atoms with Gasteiger partial charge in [0.25, 0.3) is 5.69 Å². The lowest BCUT2D eigenvalue weighted by molar-refractivity contribution is -0.384. The van der Waals surface area contributed by atoms with Crippen molar-refractivity contribution in [2.75, 3.05) is 11.9 Å². The summed E-state index contributed by atoms with van der Waals surface area (Å²) in [6.07, 6.45) is 5.68. The molecule has 0 aromatic heterocycles. The third-order valence-electron chi connectivity index (χ3n) is 3.75. The zero-order valence-electron chi connectivity index (χ0n) is 12.8. The van der Waals surface area contributed by atoms with Gasteiger partial charge in [-0.2, -0.15) is 0 Å². The molecule has 116 valence electrons. The lowest BCUT2D eigenvalue weighted by atomic mass is 10.1. The van der Waals surface area contributed by atoms with E-state index < -0.39 is 0 Å². The van der Waals surface area contributed by atoms with Crippen molar-refractivity contribution in [2.24, 2.45) is 5.92 Å². The van der Waals surface area contributed by atoms with Gasteiger partial charge in [-0.3, -0.25) is 10.1 Å². The highest BCUT2D eigenvalue weighted by atomic mass is 16.6. The fourth-order valence-electron chi connectivity index (χ4n) is 2.39. The second kappa shape index (κ2) is 7.29. The Kier molecular flexibility index (Phi) is 5.42. The third kappa shape index (κ3) is 4.92. The highest BCUT2D eigenvalue weighted by Crippen LogP contribution is 2.35. The molecule has 1 aromatic rings. The van der Waals surface area contributed by atoms with Gasteiger partial charge in [-0.25, -0.2) is 0 Å². The average Bonchev–Trinajstić information content (AvgIpc) is 3.28. The van der Waals surface area contributed by atoms with Crippen LogP contribution >= 0.6 is 0 Å². The van der Waals surface area contributed by atoms with Crippen LogP contribution in [0.3, 0.4) is 0 Å². The molecule has 1 aliphatic rings. The fraction of sp³-hybridized carbons (Fsp3) is 0.625. The Hall–Kier alpha value is -1.78. The van der Waals surface area contributed by atoms with Crippen molar-refractivity contribution in [3.05, 3.63) is 28.3 Å². The van der Waals surface area contributed by atoms with Crippen molar-refractivity contribution in [1.29, 1.82) is 0 Å². The number of non-ortho nitro benzene ring substituents is 1. The van der Waals surface area contributed by atoms with E-state index in [4.69, 9.17) is 4.74 Å². The maximum Gasteiger partial charge on any atom is 0.275 e. The van der Waals surface area contributed by atoms with E-state index in [1.165, 1.54) is 18.9 Å². The lowest BCUT2D eigenvalue weighted by Crippen LogP contribution is -2.19. The van der Waals surface area contributed by atoms with E-state index in [2.05, 4.69) is 12.2 Å². The molecule has 5 nitrogen and oxygen atoms in total. The number of rotatable bonds is 9. The van der Waals surface area contributed by atoms with Crippen LogP contribution in [0.25, 0.3) is 0 Å². The van der Waals surface area contributed by atoms with Crippen LogP contribution in [0.5, 0.6) is 5.75 Å². The molecule has 1 unspecified atom stereocenters. The van der Waals surface area contributed by atoms with Crippen molar-refractivity contribution in [3.63, 3.8) is 0 Å². The molecule has 0 saturated heterocycles. The van der Waals surface area contributed by atoms with E-state index in [0.717, 1.165) is 30.9 Å². The van der Waals surface area contributed by atoms with Crippen LogP contribution in [0.2, 0.25) is 0 Å². The van der Waals surface area contributed by atoms with E-state index in [0.29, 0.717) is 18.4 Å². The first-order valence-corrected chi connectivity index (χ1v) is 7.81. The zero-order chi connectivity index (χ0) is 15.2. The van der Waals surface area contributed by atoms with E-state index in [1.807, 2.05) is 13.0 Å². The second-order valence-corrected chi connectivity index (χ2v) is 5.75. The number of anilines is 1. The first-order valence-electron chi connectivity index (χ1n) is 7.81. The van der Waals surface area contributed by atoms with Crippen LogP contribution in [-0.4, -0.2) is 17.6 Å². The Morgan fingerprint density at radius 3 is 2.71 bits per heavy atom. The number of benzene rings is 1. The molecule has 1 aromatic carbocycles. The van der Waals surface area contributed by atoms with Gasteiger partial charge in [0.05, 0.1) is 17.6 Å². The van der Waals surface area contributed by atoms with Gasteiger partial charge in [-0.15, -0.1) is 0 Å². The van der Waals surface area contributed by atoms with Crippen LogP contribution < -0.4 is 10.1 Å².